The molecule has 4 aromatic carbocycles. The van der Waals surface area contributed by atoms with Crippen molar-refractivity contribution >= 4 is 17.6 Å². The lowest BCUT2D eigenvalue weighted by Crippen LogP contribution is -2.54. The van der Waals surface area contributed by atoms with E-state index in [2.05, 4.69) is 10.3 Å². The molecule has 0 aliphatic carbocycles. The molecule has 1 aliphatic rings. The zero-order chi connectivity index (χ0) is 34.8. The Morgan fingerprint density at radius 2 is 1.39 bits per heavy atom. The van der Waals surface area contributed by atoms with Crippen molar-refractivity contribution in [1.82, 2.24) is 10.3 Å². The SMILES string of the molecule is COc1ccc(C(NC2=N[C@](C)(c3cc(-c4cncc(Cl)c4)ccc3F)C[C@@H](C(F)(F)F)O2)(c2ccccc2)c2ccc(OC)cc2)cc1. The number of methoxy groups -OCH3 is 2. The fourth-order valence-electron chi connectivity index (χ4n) is 6.18. The molecule has 0 spiro atoms. The van der Waals surface area contributed by atoms with Crippen molar-refractivity contribution in [2.75, 3.05) is 14.2 Å². The predicted molar refractivity (Wildman–Crippen MR) is 180 cm³/mol. The van der Waals surface area contributed by atoms with Crippen molar-refractivity contribution in [2.24, 2.45) is 4.99 Å². The summed E-state index contributed by atoms with van der Waals surface area (Å²) in [6, 6.07) is 28.9. The van der Waals surface area contributed by atoms with Gasteiger partial charge in [0.1, 0.15) is 22.9 Å². The maximum atomic E-state index is 15.7. The Bertz CT molecular complexity index is 1910. The molecule has 0 radical (unpaired) electrons. The molecule has 6 rings (SSSR count). The number of rotatable bonds is 8. The Labute approximate surface area is 286 Å². The number of nitrogens with one attached hydrogen (secondary N) is 1. The largest absolute Gasteiger partial charge is 0.497 e. The van der Waals surface area contributed by atoms with Crippen LogP contribution >= 0.6 is 11.6 Å². The van der Waals surface area contributed by atoms with Crippen LogP contribution in [0.4, 0.5) is 17.6 Å². The first-order valence-corrected chi connectivity index (χ1v) is 15.7. The lowest BCUT2D eigenvalue weighted by molar-refractivity contribution is -0.209. The summed E-state index contributed by atoms with van der Waals surface area (Å²) in [5, 5.41) is 3.65. The van der Waals surface area contributed by atoms with Gasteiger partial charge in [-0.25, -0.2) is 9.38 Å². The molecule has 11 heteroatoms. The standard InChI is InChI=1S/C38H32ClF4N3O3/c1-36(32-20-24(9-18-33(32)40)25-19-29(39)23-44-22-25)21-34(38(41,42)43)49-35(45-36)46-37(26-7-5-4-6-8-26,27-10-14-30(47-2)15-11-27)28-12-16-31(48-3)17-13-28/h4-20,22-23,34H,21H2,1-3H3,(H,45,46)/t34-,36-/m0/s1. The van der Waals surface area contributed by atoms with Crippen molar-refractivity contribution in [3.63, 3.8) is 0 Å². The van der Waals surface area contributed by atoms with E-state index in [1.54, 1.807) is 50.7 Å². The molecule has 6 nitrogen and oxygen atoms in total. The summed E-state index contributed by atoms with van der Waals surface area (Å²) >= 11 is 6.15. The van der Waals surface area contributed by atoms with Crippen molar-refractivity contribution in [3.05, 3.63) is 149 Å². The van der Waals surface area contributed by atoms with Gasteiger partial charge in [-0.05, 0) is 71.6 Å². The van der Waals surface area contributed by atoms with E-state index >= 15 is 4.39 Å². The quantitative estimate of drug-likeness (QED) is 0.130. The van der Waals surface area contributed by atoms with Crippen molar-refractivity contribution in [1.29, 1.82) is 0 Å². The lowest BCUT2D eigenvalue weighted by atomic mass is 9.77. The Hall–Kier alpha value is -5.09. The minimum absolute atomic E-state index is 0.0407. The van der Waals surface area contributed by atoms with Gasteiger partial charge in [0.15, 0.2) is 6.10 Å². The summed E-state index contributed by atoms with van der Waals surface area (Å²) in [4.78, 5) is 8.84. The number of amidine groups is 1. The second-order valence-corrected chi connectivity index (χ2v) is 12.3. The van der Waals surface area contributed by atoms with E-state index < -0.39 is 41.6 Å². The molecule has 1 aromatic heterocycles. The third-order valence-corrected chi connectivity index (χ3v) is 8.89. The normalized spacial score (nSPS) is 17.9. The van der Waals surface area contributed by atoms with Crippen LogP contribution in [0.25, 0.3) is 11.1 Å². The molecule has 2 heterocycles. The van der Waals surface area contributed by atoms with E-state index in [0.29, 0.717) is 44.3 Å². The molecule has 0 bridgehead atoms. The zero-order valence-corrected chi connectivity index (χ0v) is 27.5. The van der Waals surface area contributed by atoms with Gasteiger partial charge in [0.25, 0.3) is 6.02 Å². The number of benzene rings is 4. The number of hydrogen-bond donors (Lipinski definition) is 1. The number of ether oxygens (including phenoxy) is 3. The highest BCUT2D eigenvalue weighted by molar-refractivity contribution is 6.30. The van der Waals surface area contributed by atoms with Crippen LogP contribution in [0.15, 0.2) is 121 Å². The topological polar surface area (TPSA) is 65.0 Å². The van der Waals surface area contributed by atoms with Gasteiger partial charge in [-0.3, -0.25) is 4.98 Å². The van der Waals surface area contributed by atoms with Gasteiger partial charge >= 0.3 is 6.18 Å². The maximum Gasteiger partial charge on any atom is 0.425 e. The molecule has 5 aromatic rings. The highest BCUT2D eigenvalue weighted by Gasteiger charge is 2.51. The summed E-state index contributed by atoms with van der Waals surface area (Å²) in [6.07, 6.45) is -4.78. The number of pyridine rings is 1. The Morgan fingerprint density at radius 1 is 0.796 bits per heavy atom. The first-order valence-electron chi connectivity index (χ1n) is 15.3. The van der Waals surface area contributed by atoms with Crippen LogP contribution < -0.4 is 14.8 Å². The zero-order valence-electron chi connectivity index (χ0n) is 26.8. The molecule has 0 saturated carbocycles. The molecule has 1 aliphatic heterocycles. The van der Waals surface area contributed by atoms with Crippen molar-refractivity contribution < 1.29 is 31.8 Å². The number of nitrogens with zero attached hydrogens (tertiary/aromatic N) is 2. The molecule has 1 N–H and O–H groups in total. The summed E-state index contributed by atoms with van der Waals surface area (Å²) in [7, 11) is 3.09. The van der Waals surface area contributed by atoms with E-state index in [-0.39, 0.29) is 5.56 Å². The minimum Gasteiger partial charge on any atom is -0.497 e. The summed E-state index contributed by atoms with van der Waals surface area (Å²) in [5.41, 5.74) is -0.0460. The van der Waals surface area contributed by atoms with Crippen LogP contribution in [-0.2, 0) is 15.8 Å². The van der Waals surface area contributed by atoms with Crippen molar-refractivity contribution in [3.8, 4) is 22.6 Å². The van der Waals surface area contributed by atoms with Crippen LogP contribution in [0.3, 0.4) is 0 Å². The van der Waals surface area contributed by atoms with Crippen LogP contribution in [0.1, 0.15) is 35.6 Å². The maximum absolute atomic E-state index is 15.7. The average molecular weight is 690 g/mol. The average Bonchev–Trinajstić information content (AvgIpc) is 3.10. The van der Waals surface area contributed by atoms with Gasteiger partial charge in [-0.1, -0.05) is 72.3 Å². The molecule has 0 amide bonds. The molecule has 252 valence electrons. The smallest absolute Gasteiger partial charge is 0.425 e. The third kappa shape index (κ3) is 6.78. The van der Waals surface area contributed by atoms with Crippen LogP contribution in [0, 0.1) is 5.82 Å². The number of hydrogen-bond acceptors (Lipinski definition) is 6. The fourth-order valence-corrected chi connectivity index (χ4v) is 6.35. The van der Waals surface area contributed by atoms with Gasteiger partial charge in [0.2, 0.25) is 0 Å². The lowest BCUT2D eigenvalue weighted by Gasteiger charge is -2.42. The number of aromatic nitrogens is 1. The van der Waals surface area contributed by atoms with E-state index in [9.17, 15) is 13.2 Å². The van der Waals surface area contributed by atoms with E-state index in [4.69, 9.17) is 30.8 Å². The van der Waals surface area contributed by atoms with E-state index in [0.717, 1.165) is 0 Å². The van der Waals surface area contributed by atoms with Gasteiger partial charge in [0, 0.05) is 29.9 Å². The molecule has 49 heavy (non-hydrogen) atoms. The molecule has 2 atom stereocenters. The number of aliphatic imine (C=N–C) groups is 1. The van der Waals surface area contributed by atoms with E-state index in [1.807, 2.05) is 54.6 Å². The highest BCUT2D eigenvalue weighted by atomic mass is 35.5. The van der Waals surface area contributed by atoms with Crippen molar-refractivity contribution in [2.45, 2.75) is 36.7 Å². The second kappa shape index (κ2) is 13.4. The van der Waals surface area contributed by atoms with Gasteiger partial charge in [0.05, 0.1) is 24.8 Å². The molecular formula is C38H32ClF4N3O3. The summed E-state index contributed by atoms with van der Waals surface area (Å²) < 4.78 is 76.3. The van der Waals surface area contributed by atoms with Gasteiger partial charge < -0.3 is 19.5 Å². The molecule has 0 unspecified atom stereocenters. The Kier molecular flexibility index (Phi) is 9.26. The highest BCUT2D eigenvalue weighted by Crippen LogP contribution is 2.44. The number of alkyl halides is 3. The first-order chi connectivity index (χ1) is 23.4. The summed E-state index contributed by atoms with van der Waals surface area (Å²) in [5.74, 6) is 0.454. The first kappa shape index (κ1) is 33.8. The van der Waals surface area contributed by atoms with Gasteiger partial charge in [-0.2, -0.15) is 13.2 Å². The molecule has 0 saturated heterocycles. The van der Waals surface area contributed by atoms with Crippen LogP contribution in [-0.4, -0.2) is 37.5 Å². The summed E-state index contributed by atoms with van der Waals surface area (Å²) in [6.45, 7) is 1.47. The van der Waals surface area contributed by atoms with Crippen LogP contribution in [0.2, 0.25) is 5.02 Å². The molecule has 0 fully saturated rings. The predicted octanol–water partition coefficient (Wildman–Crippen LogP) is 9.06. The molecular weight excluding hydrogens is 658 g/mol. The second-order valence-electron chi connectivity index (χ2n) is 11.8. The Morgan fingerprint density at radius 3 is 1.94 bits per heavy atom. The third-order valence-electron chi connectivity index (χ3n) is 8.68. The number of halogens is 5. The van der Waals surface area contributed by atoms with E-state index in [1.165, 1.54) is 31.3 Å². The van der Waals surface area contributed by atoms with Crippen LogP contribution in [0.5, 0.6) is 11.5 Å². The fraction of sp³-hybridized carbons (Fsp3) is 0.211. The Balaban J connectivity index is 1.57. The van der Waals surface area contributed by atoms with Gasteiger partial charge in [-0.15, -0.1) is 0 Å². The monoisotopic (exact) mass is 689 g/mol. The minimum atomic E-state index is -4.80.